The zero-order chi connectivity index (χ0) is 26.7. The largest absolute Gasteiger partial charge is 0.462 e. The number of rotatable bonds is 8. The van der Waals surface area contributed by atoms with Gasteiger partial charge in [-0.05, 0) is 42.0 Å². The highest BCUT2D eigenvalue weighted by molar-refractivity contribution is 5.90. The van der Waals surface area contributed by atoms with Crippen LogP contribution < -0.4 is 16.6 Å². The Morgan fingerprint density at radius 3 is 2.65 bits per heavy atom. The Morgan fingerprint density at radius 2 is 1.92 bits per heavy atom. The zero-order valence-electron chi connectivity index (χ0n) is 20.2. The van der Waals surface area contributed by atoms with Gasteiger partial charge in [-0.2, -0.15) is 13.2 Å². The molecule has 0 bridgehead atoms. The summed E-state index contributed by atoms with van der Waals surface area (Å²) in [5.74, 6) is -1.33. The molecule has 4 rings (SSSR count). The monoisotopic (exact) mass is 515 g/mol. The molecule has 1 saturated heterocycles. The molecule has 2 heterocycles. The normalized spacial score (nSPS) is 18.6. The highest BCUT2D eigenvalue weighted by atomic mass is 19.4. The van der Waals surface area contributed by atoms with Crippen molar-refractivity contribution in [2.75, 3.05) is 6.61 Å². The summed E-state index contributed by atoms with van der Waals surface area (Å²) < 4.78 is 45.7. The second kappa shape index (κ2) is 10.8. The van der Waals surface area contributed by atoms with Crippen molar-refractivity contribution >= 4 is 22.6 Å². The number of carbonyl (C=O) groups is 2. The number of H-pyrrole nitrogens is 1. The zero-order valence-corrected chi connectivity index (χ0v) is 20.2. The number of amides is 1. The molecule has 196 valence electrons. The van der Waals surface area contributed by atoms with Gasteiger partial charge in [-0.3, -0.25) is 14.4 Å². The van der Waals surface area contributed by atoms with E-state index in [0.717, 1.165) is 18.9 Å². The van der Waals surface area contributed by atoms with E-state index in [9.17, 15) is 27.6 Å². The molecule has 4 N–H and O–H groups in total. The van der Waals surface area contributed by atoms with Gasteiger partial charge in [0.25, 0.3) is 5.56 Å². The lowest BCUT2D eigenvalue weighted by Gasteiger charge is -2.14. The summed E-state index contributed by atoms with van der Waals surface area (Å²) >= 11 is 0. The molecule has 3 atom stereocenters. The minimum Gasteiger partial charge on any atom is -0.462 e. The first-order valence-corrected chi connectivity index (χ1v) is 12.1. The average Bonchev–Trinajstić information content (AvgIpc) is 3.25. The predicted octanol–water partition coefficient (Wildman–Crippen LogP) is 4.25. The standard InChI is InChI=1S/C27H28F3N3O4/c1-2-3-8-22(31)26(36)37-14-17-13-20(24(34)32-17)15-9-10-16-12-23(33-25(35)19(16)11-15)18-6-4-5-7-21(18)27(28,29)30/h4-7,9-12,17,20,22H,2-3,8,13-14,31H2,1H3,(H,32,34)(H,33,35)/t17-,20-,22+/m1/s1. The predicted molar refractivity (Wildman–Crippen MR) is 133 cm³/mol. The van der Waals surface area contributed by atoms with E-state index in [-0.39, 0.29) is 29.2 Å². The van der Waals surface area contributed by atoms with Crippen LogP contribution in [-0.2, 0) is 20.5 Å². The number of unbranched alkanes of at least 4 members (excludes halogenated alkanes) is 1. The number of esters is 1. The number of hydrogen-bond acceptors (Lipinski definition) is 5. The molecule has 2 aromatic carbocycles. The number of aromatic amines is 1. The van der Waals surface area contributed by atoms with Crippen molar-refractivity contribution < 1.29 is 27.5 Å². The molecule has 0 spiro atoms. The Bertz CT molecular complexity index is 1370. The summed E-state index contributed by atoms with van der Waals surface area (Å²) in [6.45, 7) is 2.00. The van der Waals surface area contributed by atoms with Crippen LogP contribution in [0, 0.1) is 0 Å². The van der Waals surface area contributed by atoms with Crippen molar-refractivity contribution in [3.8, 4) is 11.3 Å². The molecule has 0 aliphatic carbocycles. The van der Waals surface area contributed by atoms with Crippen LogP contribution in [-0.4, -0.2) is 35.6 Å². The number of ether oxygens (including phenoxy) is 1. The molecule has 1 aromatic heterocycles. The smallest absolute Gasteiger partial charge is 0.417 e. The van der Waals surface area contributed by atoms with Gasteiger partial charge >= 0.3 is 12.1 Å². The second-order valence-corrected chi connectivity index (χ2v) is 9.27. The Morgan fingerprint density at radius 1 is 1.16 bits per heavy atom. The van der Waals surface area contributed by atoms with Crippen LogP contribution in [0.15, 0.2) is 53.3 Å². The molecule has 1 aliphatic rings. The molecule has 7 nitrogen and oxygen atoms in total. The molecular weight excluding hydrogens is 487 g/mol. The molecule has 37 heavy (non-hydrogen) atoms. The van der Waals surface area contributed by atoms with Gasteiger partial charge in [-0.1, -0.05) is 50.1 Å². The first-order valence-electron chi connectivity index (χ1n) is 12.1. The van der Waals surface area contributed by atoms with E-state index in [4.69, 9.17) is 10.5 Å². The van der Waals surface area contributed by atoms with Crippen LogP contribution in [0.4, 0.5) is 13.2 Å². The molecule has 1 fully saturated rings. The lowest BCUT2D eigenvalue weighted by atomic mass is 9.93. The van der Waals surface area contributed by atoms with Gasteiger partial charge in [-0.25, -0.2) is 0 Å². The lowest BCUT2D eigenvalue weighted by molar-refractivity contribution is -0.146. The minimum absolute atomic E-state index is 0.00294. The lowest BCUT2D eigenvalue weighted by Crippen LogP contribution is -2.36. The molecule has 0 radical (unpaired) electrons. The number of halogens is 3. The van der Waals surface area contributed by atoms with Gasteiger partial charge in [0.1, 0.15) is 12.6 Å². The van der Waals surface area contributed by atoms with Crippen molar-refractivity contribution in [1.82, 2.24) is 10.3 Å². The van der Waals surface area contributed by atoms with E-state index in [1.165, 1.54) is 24.3 Å². The second-order valence-electron chi connectivity index (χ2n) is 9.27. The maximum absolute atomic E-state index is 13.5. The van der Waals surface area contributed by atoms with E-state index in [0.29, 0.717) is 23.8 Å². The summed E-state index contributed by atoms with van der Waals surface area (Å²) in [5, 5.41) is 3.51. The fourth-order valence-electron chi connectivity index (χ4n) is 4.59. The number of alkyl halides is 3. The quantitative estimate of drug-likeness (QED) is 0.388. The molecule has 0 saturated carbocycles. The Kier molecular flexibility index (Phi) is 7.68. The number of benzene rings is 2. The van der Waals surface area contributed by atoms with Gasteiger partial charge in [0.2, 0.25) is 5.91 Å². The summed E-state index contributed by atoms with van der Waals surface area (Å²) in [6.07, 6.45) is -1.96. The van der Waals surface area contributed by atoms with Crippen molar-refractivity contribution in [2.24, 2.45) is 5.73 Å². The van der Waals surface area contributed by atoms with Crippen molar-refractivity contribution in [1.29, 1.82) is 0 Å². The van der Waals surface area contributed by atoms with E-state index in [2.05, 4.69) is 10.3 Å². The molecule has 1 aliphatic heterocycles. The molecular formula is C27H28F3N3O4. The Labute approximate surface area is 211 Å². The number of hydrogen-bond donors (Lipinski definition) is 3. The summed E-state index contributed by atoms with van der Waals surface area (Å²) in [6, 6.07) is 10.3. The number of aromatic nitrogens is 1. The van der Waals surface area contributed by atoms with Crippen molar-refractivity contribution in [3.05, 3.63) is 70.0 Å². The van der Waals surface area contributed by atoms with E-state index >= 15 is 0 Å². The first-order chi connectivity index (χ1) is 17.6. The summed E-state index contributed by atoms with van der Waals surface area (Å²) in [7, 11) is 0. The Balaban J connectivity index is 1.52. The molecule has 3 aromatic rings. The number of fused-ring (bicyclic) bond motifs is 1. The van der Waals surface area contributed by atoms with Gasteiger partial charge in [0.05, 0.1) is 17.5 Å². The number of nitrogens with two attached hydrogens (primary N) is 1. The van der Waals surface area contributed by atoms with Crippen LogP contribution in [0.25, 0.3) is 22.0 Å². The average molecular weight is 516 g/mol. The van der Waals surface area contributed by atoms with Crippen LogP contribution in [0.3, 0.4) is 0 Å². The van der Waals surface area contributed by atoms with Gasteiger partial charge in [-0.15, -0.1) is 0 Å². The van der Waals surface area contributed by atoms with E-state index in [1.54, 1.807) is 18.2 Å². The maximum atomic E-state index is 13.5. The van der Waals surface area contributed by atoms with E-state index < -0.39 is 41.3 Å². The van der Waals surface area contributed by atoms with Crippen LogP contribution >= 0.6 is 0 Å². The third kappa shape index (κ3) is 5.85. The highest BCUT2D eigenvalue weighted by Gasteiger charge is 2.35. The van der Waals surface area contributed by atoms with Gasteiger partial charge in [0, 0.05) is 16.6 Å². The van der Waals surface area contributed by atoms with Crippen LogP contribution in [0.1, 0.15) is 49.7 Å². The fourth-order valence-corrected chi connectivity index (χ4v) is 4.59. The van der Waals surface area contributed by atoms with Gasteiger partial charge in [0.15, 0.2) is 0 Å². The molecule has 1 amide bonds. The molecule has 0 unspecified atom stereocenters. The summed E-state index contributed by atoms with van der Waals surface area (Å²) in [4.78, 5) is 40.1. The SMILES string of the molecule is CCCC[C@H](N)C(=O)OC[C@H]1C[C@H](c2ccc3cc(-c4ccccc4C(F)(F)F)[nH]c(=O)c3c2)C(=O)N1. The Hall–Kier alpha value is -3.66. The third-order valence-corrected chi connectivity index (χ3v) is 6.58. The maximum Gasteiger partial charge on any atom is 0.417 e. The summed E-state index contributed by atoms with van der Waals surface area (Å²) in [5.41, 5.74) is 4.94. The van der Waals surface area contributed by atoms with Gasteiger partial charge < -0.3 is 20.8 Å². The first kappa shape index (κ1) is 26.4. The third-order valence-electron chi connectivity index (χ3n) is 6.58. The fraction of sp³-hybridized carbons (Fsp3) is 0.370. The van der Waals surface area contributed by atoms with Crippen LogP contribution in [0.5, 0.6) is 0 Å². The van der Waals surface area contributed by atoms with E-state index in [1.807, 2.05) is 6.92 Å². The van der Waals surface area contributed by atoms with Crippen molar-refractivity contribution in [2.45, 2.75) is 56.8 Å². The number of nitrogens with one attached hydrogen (secondary N) is 2. The number of carbonyl (C=O) groups excluding carboxylic acids is 2. The van der Waals surface area contributed by atoms with Crippen LogP contribution in [0.2, 0.25) is 0 Å². The molecule has 10 heteroatoms. The topological polar surface area (TPSA) is 114 Å². The van der Waals surface area contributed by atoms with Crippen molar-refractivity contribution in [3.63, 3.8) is 0 Å². The minimum atomic E-state index is -4.58. The highest BCUT2D eigenvalue weighted by Crippen LogP contribution is 2.37. The number of pyridine rings is 1.